The number of carboxylic acid groups (broad SMARTS) is 1. The van der Waals surface area contributed by atoms with E-state index in [1.807, 2.05) is 42.6 Å². The van der Waals surface area contributed by atoms with E-state index in [2.05, 4.69) is 67.6 Å². The fourth-order valence-corrected chi connectivity index (χ4v) is 3.69. The second-order valence-electron chi connectivity index (χ2n) is 7.60. The van der Waals surface area contributed by atoms with Crippen LogP contribution >= 0.6 is 24.4 Å². The molecule has 12 heteroatoms. The molecule has 0 aliphatic heterocycles. The van der Waals surface area contributed by atoms with Crippen LogP contribution in [0.25, 0.3) is 55.4 Å². The summed E-state index contributed by atoms with van der Waals surface area (Å²) < 4.78 is 0. The number of aromatic amines is 1. The van der Waals surface area contributed by atoms with Crippen LogP contribution in [-0.2, 0) is 19.5 Å². The molecule has 6 aromatic rings. The number of benzene rings is 1. The van der Waals surface area contributed by atoms with Gasteiger partial charge >= 0.3 is 25.4 Å². The molecule has 202 valence electrons. The molecule has 0 amide bonds. The summed E-state index contributed by atoms with van der Waals surface area (Å²) in [6, 6.07) is 24.6. The molecule has 1 aromatic carbocycles. The van der Waals surface area contributed by atoms with Gasteiger partial charge in [-0.2, -0.15) is 10.3 Å². The third-order valence-electron chi connectivity index (χ3n) is 5.27. The van der Waals surface area contributed by atoms with E-state index in [9.17, 15) is 4.79 Å². The second-order valence-corrected chi connectivity index (χ2v) is 7.97. The molecule has 9 nitrogen and oxygen atoms in total. The largest absolute Gasteiger partial charge is 2.00 e. The average Bonchev–Trinajstić information content (AvgIpc) is 3.38. The zero-order valence-corrected chi connectivity index (χ0v) is 24.4. The Balaban J connectivity index is 0.000000241. The predicted molar refractivity (Wildman–Crippen MR) is 163 cm³/mol. The van der Waals surface area contributed by atoms with Crippen molar-refractivity contribution in [3.8, 4) is 22.8 Å². The topological polar surface area (TPSA) is 149 Å². The van der Waals surface area contributed by atoms with Crippen molar-refractivity contribution < 1.29 is 29.4 Å². The first-order valence-electron chi connectivity index (χ1n) is 11.4. The number of nitrogens with one attached hydrogen (secondary N) is 1. The molecule has 2 N–H and O–H groups in total. The van der Waals surface area contributed by atoms with Crippen LogP contribution in [0.4, 0.5) is 0 Å². The van der Waals surface area contributed by atoms with Gasteiger partial charge in [-0.05, 0) is 48.5 Å². The van der Waals surface area contributed by atoms with Gasteiger partial charge in [0.1, 0.15) is 5.69 Å². The smallest absolute Gasteiger partial charge is 0.753 e. The number of pyridine rings is 4. The third kappa shape index (κ3) is 8.91. The number of rotatable bonds is 3. The second kappa shape index (κ2) is 17.1. The van der Waals surface area contributed by atoms with Crippen molar-refractivity contribution in [3.63, 3.8) is 0 Å². The van der Waals surface area contributed by atoms with Crippen LogP contribution in [0.1, 0.15) is 10.4 Å². The van der Waals surface area contributed by atoms with E-state index in [0.29, 0.717) is 11.4 Å². The van der Waals surface area contributed by atoms with Crippen LogP contribution in [0.3, 0.4) is 0 Å². The Hall–Kier alpha value is -4.69. The summed E-state index contributed by atoms with van der Waals surface area (Å²) in [4.78, 5) is 31.2. The summed E-state index contributed by atoms with van der Waals surface area (Å²) in [6.45, 7) is 0. The van der Waals surface area contributed by atoms with Crippen LogP contribution in [0.2, 0.25) is 0 Å². The first-order valence-corrected chi connectivity index (χ1v) is 12.3. The minimum absolute atomic E-state index is 0. The Morgan fingerprint density at radius 2 is 1.27 bits per heavy atom. The van der Waals surface area contributed by atoms with Gasteiger partial charge in [-0.3, -0.25) is 19.9 Å². The van der Waals surface area contributed by atoms with E-state index in [1.165, 1.54) is 39.4 Å². The van der Waals surface area contributed by atoms with Gasteiger partial charge in [-0.15, -0.1) is 0 Å². The number of aromatic carboxylic acids is 1. The Morgan fingerprint density at radius 3 is 1.88 bits per heavy atom. The van der Waals surface area contributed by atoms with E-state index in [1.54, 1.807) is 24.5 Å². The molecule has 0 aliphatic rings. The van der Waals surface area contributed by atoms with Crippen LogP contribution in [0.15, 0.2) is 104 Å². The Bertz CT molecular complexity index is 1780. The van der Waals surface area contributed by atoms with Crippen LogP contribution in [0, 0.1) is 0 Å². The van der Waals surface area contributed by atoms with Gasteiger partial charge in [0, 0.05) is 41.1 Å². The molecule has 5 heterocycles. The molecule has 0 radical (unpaired) electrons. The molecule has 0 fully saturated rings. The quantitative estimate of drug-likeness (QED) is 0.118. The summed E-state index contributed by atoms with van der Waals surface area (Å²) in [7, 11) is 0. The molecular formula is C29H19N7O2RuS2. The first kappa shape index (κ1) is 32.5. The van der Waals surface area contributed by atoms with Gasteiger partial charge in [0.2, 0.25) is 0 Å². The van der Waals surface area contributed by atoms with Gasteiger partial charge in [-0.1, -0.05) is 54.8 Å². The molecule has 0 saturated heterocycles. The van der Waals surface area contributed by atoms with Crippen molar-refractivity contribution in [3.05, 3.63) is 120 Å². The van der Waals surface area contributed by atoms with E-state index in [-0.39, 0.29) is 25.0 Å². The number of nitrogens with zero attached hydrogens (tertiary/aromatic N) is 6. The molecule has 0 aliphatic carbocycles. The van der Waals surface area contributed by atoms with Gasteiger partial charge in [0.15, 0.2) is 0 Å². The first-order chi connectivity index (χ1) is 19.5. The van der Waals surface area contributed by atoms with Crippen LogP contribution in [-0.4, -0.2) is 46.3 Å². The van der Waals surface area contributed by atoms with Crippen molar-refractivity contribution in [2.75, 3.05) is 0 Å². The number of hydrogen-bond acceptors (Lipinski definition) is 7. The van der Waals surface area contributed by atoms with Crippen LogP contribution < -0.4 is 0 Å². The third-order valence-corrected chi connectivity index (χ3v) is 5.27. The molecule has 0 unspecified atom stereocenters. The van der Waals surface area contributed by atoms with E-state index in [0.717, 1.165) is 22.4 Å². The van der Waals surface area contributed by atoms with Gasteiger partial charge in [0.25, 0.3) is 0 Å². The number of H-pyrrole nitrogens is 1. The zero-order chi connectivity index (χ0) is 28.7. The summed E-state index contributed by atoms with van der Waals surface area (Å²) in [5.41, 5.74) is 5.40. The summed E-state index contributed by atoms with van der Waals surface area (Å²) in [5.74, 6) is -0.963. The van der Waals surface area contributed by atoms with Crippen molar-refractivity contribution in [1.29, 1.82) is 0 Å². The van der Waals surface area contributed by atoms with Gasteiger partial charge < -0.3 is 20.9 Å². The standard InChI is InChI=1S/C16H11N3.C11H8N2O2.2CNS.Ru/c1-2-6-13-11(5-1)12-8-10-18-16(15(12)19-13)14-7-3-4-9-17-14;14-11(15)8-4-6-13-10(7-8)9-3-1-2-5-12-9;2*2-1-3;/h1-10,19H;1-7H,(H,14,15);;;/q;;2*-1;+2. The van der Waals surface area contributed by atoms with Crippen molar-refractivity contribution in [1.82, 2.24) is 24.9 Å². The van der Waals surface area contributed by atoms with Crippen LogP contribution in [0.5, 0.6) is 0 Å². The number of carbonyl (C=O) groups is 1. The minimum Gasteiger partial charge on any atom is -0.753 e. The van der Waals surface area contributed by atoms with Gasteiger partial charge in [0.05, 0.1) is 28.2 Å². The summed E-state index contributed by atoms with van der Waals surface area (Å²) in [5, 5.41) is 28.1. The van der Waals surface area contributed by atoms with Crippen molar-refractivity contribution in [2.45, 2.75) is 0 Å². The number of isothiocyanates is 2. The van der Waals surface area contributed by atoms with Gasteiger partial charge in [-0.25, -0.2) is 4.79 Å². The molecule has 41 heavy (non-hydrogen) atoms. The number of para-hydroxylation sites is 1. The number of hydrogen-bond donors (Lipinski definition) is 2. The molecular weight excluding hydrogens is 644 g/mol. The molecule has 5 aromatic heterocycles. The Morgan fingerprint density at radius 1 is 0.707 bits per heavy atom. The Kier molecular flexibility index (Phi) is 13.6. The predicted octanol–water partition coefficient (Wildman–Crippen LogP) is 6.93. The SMILES string of the molecule is O=C(O)c1ccnc(-c2ccccn2)c1.[N-]=C=S.[N-]=C=S.[Ru+2].c1ccc(-c2nccc3c2[nH]c2ccccc23)nc1. The molecule has 0 bridgehead atoms. The zero-order valence-electron chi connectivity index (χ0n) is 21.0. The maximum absolute atomic E-state index is 10.7. The summed E-state index contributed by atoms with van der Waals surface area (Å²) in [6.07, 6.45) is 6.74. The van der Waals surface area contributed by atoms with Crippen molar-refractivity contribution >= 4 is 62.5 Å². The fourth-order valence-electron chi connectivity index (χ4n) is 3.69. The number of aromatic nitrogens is 5. The molecule has 0 saturated carbocycles. The molecule has 6 rings (SSSR count). The number of carboxylic acids is 1. The normalized spacial score (nSPS) is 9.17. The van der Waals surface area contributed by atoms with E-state index in [4.69, 9.17) is 15.9 Å². The average molecular weight is 663 g/mol. The minimum atomic E-state index is -0.963. The van der Waals surface area contributed by atoms with Crippen molar-refractivity contribution in [2.24, 2.45) is 0 Å². The molecule has 0 spiro atoms. The Labute approximate surface area is 258 Å². The maximum Gasteiger partial charge on any atom is 2.00 e. The van der Waals surface area contributed by atoms with E-state index >= 15 is 0 Å². The van der Waals surface area contributed by atoms with E-state index < -0.39 is 5.97 Å². The maximum atomic E-state index is 10.7. The fraction of sp³-hybridized carbons (Fsp3) is 0. The molecule has 0 atom stereocenters. The summed E-state index contributed by atoms with van der Waals surface area (Å²) >= 11 is 7.40. The monoisotopic (exact) mass is 663 g/mol. The number of thiocarbonyl (C=S) groups is 2. The number of fused-ring (bicyclic) bond motifs is 3.